The van der Waals surface area contributed by atoms with Gasteiger partial charge in [-0.2, -0.15) is 0 Å². The zero-order chi connectivity index (χ0) is 21.1. The first kappa shape index (κ1) is 22.4. The monoisotopic (exact) mass is 414 g/mol. The Bertz CT molecular complexity index is 828. The summed E-state index contributed by atoms with van der Waals surface area (Å²) in [6.07, 6.45) is 1.31. The SMILES string of the molecule is CCCCN(C(=O)COC(=O)c1[nH]c(C)c([C@H](C)O)c1C)[C@@H]1CCS(=O)(=O)C1. The fourth-order valence-corrected chi connectivity index (χ4v) is 5.47. The Balaban J connectivity index is 2.06. The number of aromatic amines is 1. The van der Waals surface area contributed by atoms with Crippen molar-refractivity contribution in [2.75, 3.05) is 24.7 Å². The van der Waals surface area contributed by atoms with E-state index in [1.165, 1.54) is 4.90 Å². The summed E-state index contributed by atoms with van der Waals surface area (Å²) in [5.74, 6) is -1.02. The van der Waals surface area contributed by atoms with Crippen LogP contribution in [0.1, 0.15) is 66.5 Å². The Hall–Kier alpha value is -1.87. The van der Waals surface area contributed by atoms with Crippen molar-refractivity contribution in [3.05, 3.63) is 22.5 Å². The number of aliphatic hydroxyl groups excluding tert-OH is 1. The van der Waals surface area contributed by atoms with Crippen molar-refractivity contribution in [2.45, 2.75) is 59.1 Å². The smallest absolute Gasteiger partial charge is 0.355 e. The number of nitrogens with zero attached hydrogens (tertiary/aromatic N) is 1. The summed E-state index contributed by atoms with van der Waals surface area (Å²) in [4.78, 5) is 29.5. The average Bonchev–Trinajstić information content (AvgIpc) is 3.11. The van der Waals surface area contributed by atoms with Gasteiger partial charge in [0.1, 0.15) is 5.69 Å². The number of hydrogen-bond donors (Lipinski definition) is 2. The number of hydrogen-bond acceptors (Lipinski definition) is 6. The number of aryl methyl sites for hydroxylation is 1. The van der Waals surface area contributed by atoms with E-state index in [1.807, 2.05) is 6.92 Å². The molecule has 1 aliphatic rings. The molecule has 2 rings (SSSR count). The predicted molar refractivity (Wildman–Crippen MR) is 105 cm³/mol. The minimum Gasteiger partial charge on any atom is -0.451 e. The summed E-state index contributed by atoms with van der Waals surface area (Å²) in [6.45, 7) is 7.07. The van der Waals surface area contributed by atoms with Crippen LogP contribution in [0.2, 0.25) is 0 Å². The highest BCUT2D eigenvalue weighted by Gasteiger charge is 2.34. The maximum atomic E-state index is 12.7. The largest absolute Gasteiger partial charge is 0.451 e. The number of esters is 1. The van der Waals surface area contributed by atoms with Crippen LogP contribution in [0, 0.1) is 13.8 Å². The number of unbranched alkanes of at least 4 members (excludes halogenated alkanes) is 1. The molecule has 1 aromatic heterocycles. The van der Waals surface area contributed by atoms with Crippen LogP contribution in [0.4, 0.5) is 0 Å². The van der Waals surface area contributed by atoms with Crippen molar-refractivity contribution < 1.29 is 27.9 Å². The molecule has 158 valence electrons. The Morgan fingerprint density at radius 2 is 2.04 bits per heavy atom. The molecule has 0 aliphatic carbocycles. The first-order valence-corrected chi connectivity index (χ1v) is 11.4. The third kappa shape index (κ3) is 5.14. The highest BCUT2D eigenvalue weighted by molar-refractivity contribution is 7.91. The number of sulfone groups is 1. The normalized spacial score (nSPS) is 19.4. The summed E-state index contributed by atoms with van der Waals surface area (Å²) in [7, 11) is -3.12. The van der Waals surface area contributed by atoms with E-state index in [9.17, 15) is 23.1 Å². The number of amides is 1. The number of nitrogens with one attached hydrogen (secondary N) is 1. The summed E-state index contributed by atoms with van der Waals surface area (Å²) in [6, 6.07) is -0.362. The number of aliphatic hydroxyl groups is 1. The van der Waals surface area contributed by atoms with Crippen molar-refractivity contribution in [2.24, 2.45) is 0 Å². The highest BCUT2D eigenvalue weighted by atomic mass is 32.2. The van der Waals surface area contributed by atoms with Crippen LogP contribution < -0.4 is 0 Å². The van der Waals surface area contributed by atoms with E-state index in [0.717, 1.165) is 12.8 Å². The third-order valence-corrected chi connectivity index (χ3v) is 6.92. The number of carbonyl (C=O) groups excluding carboxylic acids is 2. The molecular weight excluding hydrogens is 384 g/mol. The Morgan fingerprint density at radius 1 is 1.36 bits per heavy atom. The van der Waals surface area contributed by atoms with E-state index in [2.05, 4.69) is 4.98 Å². The second-order valence-electron chi connectivity index (χ2n) is 7.41. The molecule has 8 nitrogen and oxygen atoms in total. The van der Waals surface area contributed by atoms with Gasteiger partial charge < -0.3 is 19.7 Å². The molecule has 9 heteroatoms. The van der Waals surface area contributed by atoms with Crippen molar-refractivity contribution in [3.8, 4) is 0 Å². The second kappa shape index (κ2) is 9.09. The summed E-state index contributed by atoms with van der Waals surface area (Å²) in [5, 5.41) is 9.84. The van der Waals surface area contributed by atoms with Gasteiger partial charge in [0.15, 0.2) is 16.4 Å². The number of ether oxygens (including phenoxy) is 1. The lowest BCUT2D eigenvalue weighted by Crippen LogP contribution is -2.43. The van der Waals surface area contributed by atoms with Crippen LogP contribution in [0.3, 0.4) is 0 Å². The van der Waals surface area contributed by atoms with Crippen molar-refractivity contribution in [1.82, 2.24) is 9.88 Å². The van der Waals surface area contributed by atoms with Gasteiger partial charge in [-0.1, -0.05) is 13.3 Å². The minimum absolute atomic E-state index is 0.0386. The Kier molecular flexibility index (Phi) is 7.28. The fourth-order valence-electron chi connectivity index (χ4n) is 3.74. The highest BCUT2D eigenvalue weighted by Crippen LogP contribution is 2.25. The molecule has 1 fully saturated rings. The molecule has 0 unspecified atom stereocenters. The van der Waals surface area contributed by atoms with Gasteiger partial charge in [-0.05, 0) is 39.2 Å². The van der Waals surface area contributed by atoms with Gasteiger partial charge >= 0.3 is 5.97 Å². The van der Waals surface area contributed by atoms with Crippen LogP contribution in [-0.2, 0) is 19.4 Å². The van der Waals surface area contributed by atoms with Gasteiger partial charge in [0.2, 0.25) is 0 Å². The molecule has 1 aromatic rings. The lowest BCUT2D eigenvalue weighted by molar-refractivity contribution is -0.136. The molecule has 28 heavy (non-hydrogen) atoms. The molecule has 0 bridgehead atoms. The zero-order valence-electron chi connectivity index (χ0n) is 16.9. The Labute approximate surface area is 166 Å². The quantitative estimate of drug-likeness (QED) is 0.625. The second-order valence-corrected chi connectivity index (χ2v) is 9.64. The van der Waals surface area contributed by atoms with Gasteiger partial charge in [0, 0.05) is 23.8 Å². The predicted octanol–water partition coefficient (Wildman–Crippen LogP) is 1.66. The average molecular weight is 415 g/mol. The van der Waals surface area contributed by atoms with Gasteiger partial charge in [-0.25, -0.2) is 13.2 Å². The first-order valence-electron chi connectivity index (χ1n) is 9.61. The number of carbonyl (C=O) groups is 2. The van der Waals surface area contributed by atoms with E-state index in [-0.39, 0.29) is 29.1 Å². The molecule has 2 N–H and O–H groups in total. The molecule has 0 spiro atoms. The molecule has 2 heterocycles. The van der Waals surface area contributed by atoms with Crippen LogP contribution in [0.25, 0.3) is 0 Å². The van der Waals surface area contributed by atoms with Crippen molar-refractivity contribution in [1.29, 1.82) is 0 Å². The first-order chi connectivity index (χ1) is 13.1. The molecule has 1 aliphatic heterocycles. The maximum absolute atomic E-state index is 12.7. The van der Waals surface area contributed by atoms with Crippen LogP contribution >= 0.6 is 0 Å². The van der Waals surface area contributed by atoms with E-state index < -0.39 is 28.5 Å². The van der Waals surface area contributed by atoms with Gasteiger partial charge in [0.25, 0.3) is 5.91 Å². The van der Waals surface area contributed by atoms with Crippen molar-refractivity contribution >= 4 is 21.7 Å². The maximum Gasteiger partial charge on any atom is 0.355 e. The van der Waals surface area contributed by atoms with E-state index in [1.54, 1.807) is 20.8 Å². The summed E-state index contributed by atoms with van der Waals surface area (Å²) < 4.78 is 28.7. The molecule has 0 aromatic carbocycles. The fraction of sp³-hybridized carbons (Fsp3) is 0.684. The standard InChI is InChI=1S/C19H30N2O6S/c1-5-6-8-21(15-7-9-28(25,26)11-15)16(23)10-27-19(24)18-12(2)17(14(4)22)13(3)20-18/h14-15,20,22H,5-11H2,1-4H3/t14-,15+/m0/s1. The topological polar surface area (TPSA) is 117 Å². The minimum atomic E-state index is -3.12. The van der Waals surface area contributed by atoms with E-state index >= 15 is 0 Å². The zero-order valence-corrected chi connectivity index (χ0v) is 17.8. The molecule has 1 amide bonds. The van der Waals surface area contributed by atoms with Gasteiger partial charge in [-0.3, -0.25) is 4.79 Å². The Morgan fingerprint density at radius 3 is 2.54 bits per heavy atom. The third-order valence-electron chi connectivity index (χ3n) is 5.17. The number of aromatic nitrogens is 1. The van der Waals surface area contributed by atoms with E-state index in [4.69, 9.17) is 4.74 Å². The van der Waals surface area contributed by atoms with Gasteiger partial charge in [0.05, 0.1) is 17.6 Å². The number of rotatable bonds is 8. The van der Waals surface area contributed by atoms with Crippen LogP contribution in [-0.4, -0.2) is 66.0 Å². The molecular formula is C19H30N2O6S. The summed E-state index contributed by atoms with van der Waals surface area (Å²) >= 11 is 0. The number of H-pyrrole nitrogens is 1. The molecule has 1 saturated heterocycles. The van der Waals surface area contributed by atoms with E-state index in [0.29, 0.717) is 29.8 Å². The molecule has 0 saturated carbocycles. The summed E-state index contributed by atoms with van der Waals surface area (Å²) in [5.41, 5.74) is 2.12. The van der Waals surface area contributed by atoms with Crippen LogP contribution in [0.5, 0.6) is 0 Å². The van der Waals surface area contributed by atoms with Crippen LogP contribution in [0.15, 0.2) is 0 Å². The molecule has 0 radical (unpaired) electrons. The lowest BCUT2D eigenvalue weighted by Gasteiger charge is -2.28. The van der Waals surface area contributed by atoms with Crippen molar-refractivity contribution in [3.63, 3.8) is 0 Å². The lowest BCUT2D eigenvalue weighted by atomic mass is 10.1. The molecule has 2 atom stereocenters. The van der Waals surface area contributed by atoms with Gasteiger partial charge in [-0.15, -0.1) is 0 Å².